The number of anilines is 3. The normalized spacial score (nSPS) is 9.74. The van der Waals surface area contributed by atoms with Crippen molar-refractivity contribution in [2.75, 3.05) is 18.2 Å². The van der Waals surface area contributed by atoms with Gasteiger partial charge in [-0.25, -0.2) is 9.37 Å². The second kappa shape index (κ2) is 5.23. The maximum atomic E-state index is 13.5. The summed E-state index contributed by atoms with van der Waals surface area (Å²) < 4.78 is 18.3. The number of aromatic nitrogens is 1. The van der Waals surface area contributed by atoms with Gasteiger partial charge >= 0.3 is 0 Å². The molecule has 0 saturated carbocycles. The summed E-state index contributed by atoms with van der Waals surface area (Å²) >= 11 is 0. The number of halogens is 1. The molecule has 1 heterocycles. The maximum Gasteiger partial charge on any atom is 0.167 e. The van der Waals surface area contributed by atoms with Gasteiger partial charge in [-0.2, -0.15) is 5.26 Å². The van der Waals surface area contributed by atoms with Gasteiger partial charge in [0.1, 0.15) is 11.9 Å². The van der Waals surface area contributed by atoms with E-state index in [1.807, 2.05) is 6.07 Å². The SMILES string of the molecule is COc1ccc(Nc2ccc(N)c(C#N)n2)cc1F. The first kappa shape index (κ1) is 12.6. The number of nitrogen functional groups attached to an aromatic ring is 1. The number of nitrogens with two attached hydrogens (primary N) is 1. The van der Waals surface area contributed by atoms with Crippen molar-refractivity contribution in [2.24, 2.45) is 0 Å². The summed E-state index contributed by atoms with van der Waals surface area (Å²) in [4.78, 5) is 4.01. The maximum absolute atomic E-state index is 13.5. The lowest BCUT2D eigenvalue weighted by Crippen LogP contribution is -1.99. The Bertz CT molecular complexity index is 652. The Kier molecular flexibility index (Phi) is 3.48. The molecule has 0 aliphatic carbocycles. The van der Waals surface area contributed by atoms with Gasteiger partial charge < -0.3 is 15.8 Å². The summed E-state index contributed by atoms with van der Waals surface area (Å²) in [5.41, 5.74) is 6.49. The molecule has 0 radical (unpaired) electrons. The van der Waals surface area contributed by atoms with Crippen LogP contribution in [-0.2, 0) is 0 Å². The third-order valence-electron chi connectivity index (χ3n) is 2.46. The molecule has 0 atom stereocenters. The van der Waals surface area contributed by atoms with Gasteiger partial charge in [0.15, 0.2) is 17.3 Å². The molecule has 0 amide bonds. The average molecular weight is 258 g/mol. The van der Waals surface area contributed by atoms with E-state index >= 15 is 0 Å². The van der Waals surface area contributed by atoms with E-state index in [-0.39, 0.29) is 11.4 Å². The van der Waals surface area contributed by atoms with Crippen molar-refractivity contribution in [2.45, 2.75) is 0 Å². The number of nitrogens with zero attached hydrogens (tertiary/aromatic N) is 2. The van der Waals surface area contributed by atoms with E-state index in [0.29, 0.717) is 17.2 Å². The van der Waals surface area contributed by atoms with Crippen LogP contribution in [0, 0.1) is 17.1 Å². The first-order valence-corrected chi connectivity index (χ1v) is 5.41. The van der Waals surface area contributed by atoms with Gasteiger partial charge in [-0.05, 0) is 24.3 Å². The number of nitriles is 1. The molecule has 0 aliphatic rings. The van der Waals surface area contributed by atoms with Crippen molar-refractivity contribution >= 4 is 17.2 Å². The van der Waals surface area contributed by atoms with Gasteiger partial charge in [-0.1, -0.05) is 0 Å². The average Bonchev–Trinajstić information content (AvgIpc) is 2.41. The Morgan fingerprint density at radius 3 is 2.79 bits per heavy atom. The van der Waals surface area contributed by atoms with Crippen molar-refractivity contribution in [1.82, 2.24) is 4.98 Å². The number of methoxy groups -OCH3 is 1. The van der Waals surface area contributed by atoms with Crippen LogP contribution in [0.25, 0.3) is 0 Å². The van der Waals surface area contributed by atoms with Crippen LogP contribution in [0.2, 0.25) is 0 Å². The van der Waals surface area contributed by atoms with Crippen molar-refractivity contribution in [3.05, 3.63) is 41.8 Å². The fourth-order valence-electron chi connectivity index (χ4n) is 1.52. The van der Waals surface area contributed by atoms with E-state index in [1.54, 1.807) is 18.2 Å². The lowest BCUT2D eigenvalue weighted by atomic mass is 10.2. The number of hydrogen-bond acceptors (Lipinski definition) is 5. The second-order valence-electron chi connectivity index (χ2n) is 3.72. The third-order valence-corrected chi connectivity index (χ3v) is 2.46. The number of pyridine rings is 1. The highest BCUT2D eigenvalue weighted by Crippen LogP contribution is 2.23. The van der Waals surface area contributed by atoms with E-state index in [2.05, 4.69) is 10.3 Å². The van der Waals surface area contributed by atoms with E-state index in [4.69, 9.17) is 15.7 Å². The smallest absolute Gasteiger partial charge is 0.167 e. The molecule has 0 saturated heterocycles. The molecule has 6 heteroatoms. The Morgan fingerprint density at radius 2 is 2.16 bits per heavy atom. The summed E-state index contributed by atoms with van der Waals surface area (Å²) in [6, 6.07) is 9.48. The summed E-state index contributed by atoms with van der Waals surface area (Å²) in [7, 11) is 1.40. The van der Waals surface area contributed by atoms with E-state index < -0.39 is 5.82 Å². The molecule has 0 unspecified atom stereocenters. The second-order valence-corrected chi connectivity index (χ2v) is 3.72. The van der Waals surface area contributed by atoms with Crippen molar-refractivity contribution in [1.29, 1.82) is 5.26 Å². The lowest BCUT2D eigenvalue weighted by Gasteiger charge is -2.08. The van der Waals surface area contributed by atoms with Crippen LogP contribution in [-0.4, -0.2) is 12.1 Å². The molecule has 19 heavy (non-hydrogen) atoms. The van der Waals surface area contributed by atoms with Gasteiger partial charge in [-0.3, -0.25) is 0 Å². The molecular formula is C13H11FN4O. The summed E-state index contributed by atoms with van der Waals surface area (Å²) in [6.07, 6.45) is 0. The topological polar surface area (TPSA) is 84.0 Å². The predicted octanol–water partition coefficient (Wildman–Crippen LogP) is 2.43. The zero-order valence-corrected chi connectivity index (χ0v) is 10.1. The van der Waals surface area contributed by atoms with Gasteiger partial charge in [0.25, 0.3) is 0 Å². The summed E-state index contributed by atoms with van der Waals surface area (Å²) in [5, 5.41) is 11.7. The number of hydrogen-bond donors (Lipinski definition) is 2. The quantitative estimate of drug-likeness (QED) is 0.883. The Balaban J connectivity index is 2.26. The zero-order valence-electron chi connectivity index (χ0n) is 10.1. The van der Waals surface area contributed by atoms with Crippen LogP contribution in [0.15, 0.2) is 30.3 Å². The van der Waals surface area contributed by atoms with Gasteiger partial charge in [0, 0.05) is 11.8 Å². The fourth-order valence-corrected chi connectivity index (χ4v) is 1.52. The number of nitrogens with one attached hydrogen (secondary N) is 1. The standard InChI is InChI=1S/C13H11FN4O/c1-19-12-4-2-8(6-9(12)14)17-13-5-3-10(16)11(7-15)18-13/h2-6H,16H2,1H3,(H,17,18). The first-order valence-electron chi connectivity index (χ1n) is 5.41. The van der Waals surface area contributed by atoms with Crippen molar-refractivity contribution in [3.63, 3.8) is 0 Å². The van der Waals surface area contributed by atoms with E-state index in [0.717, 1.165) is 0 Å². The third kappa shape index (κ3) is 2.72. The Labute approximate surface area is 109 Å². The van der Waals surface area contributed by atoms with Gasteiger partial charge in [0.2, 0.25) is 0 Å². The number of rotatable bonds is 3. The monoisotopic (exact) mass is 258 g/mol. The molecule has 1 aromatic heterocycles. The Morgan fingerprint density at radius 1 is 1.37 bits per heavy atom. The van der Waals surface area contributed by atoms with Gasteiger partial charge in [0.05, 0.1) is 12.8 Å². The fraction of sp³-hybridized carbons (Fsp3) is 0.0769. The minimum absolute atomic E-state index is 0.124. The number of ether oxygens (including phenoxy) is 1. The minimum atomic E-state index is -0.483. The molecule has 2 rings (SSSR count). The zero-order chi connectivity index (χ0) is 13.8. The lowest BCUT2D eigenvalue weighted by molar-refractivity contribution is 0.386. The van der Waals surface area contributed by atoms with E-state index in [9.17, 15) is 4.39 Å². The van der Waals surface area contributed by atoms with Crippen LogP contribution >= 0.6 is 0 Å². The van der Waals surface area contributed by atoms with Crippen LogP contribution in [0.4, 0.5) is 21.6 Å². The minimum Gasteiger partial charge on any atom is -0.494 e. The Hall–Kier alpha value is -2.81. The van der Waals surface area contributed by atoms with Crippen LogP contribution in [0.1, 0.15) is 5.69 Å². The van der Waals surface area contributed by atoms with Gasteiger partial charge in [-0.15, -0.1) is 0 Å². The first-order chi connectivity index (χ1) is 9.13. The molecular weight excluding hydrogens is 247 g/mol. The molecule has 0 spiro atoms. The largest absolute Gasteiger partial charge is 0.494 e. The number of benzene rings is 1. The molecule has 2 aromatic rings. The molecule has 3 N–H and O–H groups in total. The highest BCUT2D eigenvalue weighted by atomic mass is 19.1. The molecule has 0 fully saturated rings. The molecule has 0 aliphatic heterocycles. The molecule has 5 nitrogen and oxygen atoms in total. The van der Waals surface area contributed by atoms with E-state index in [1.165, 1.54) is 19.2 Å². The van der Waals surface area contributed by atoms with Crippen molar-refractivity contribution < 1.29 is 9.13 Å². The highest BCUT2D eigenvalue weighted by Gasteiger charge is 2.06. The molecule has 96 valence electrons. The summed E-state index contributed by atoms with van der Waals surface area (Å²) in [6.45, 7) is 0. The molecule has 1 aromatic carbocycles. The summed E-state index contributed by atoms with van der Waals surface area (Å²) in [5.74, 6) is 0.0901. The van der Waals surface area contributed by atoms with Crippen LogP contribution in [0.5, 0.6) is 5.75 Å². The predicted molar refractivity (Wildman–Crippen MR) is 69.6 cm³/mol. The van der Waals surface area contributed by atoms with Crippen LogP contribution in [0.3, 0.4) is 0 Å². The van der Waals surface area contributed by atoms with Crippen molar-refractivity contribution in [3.8, 4) is 11.8 Å². The highest BCUT2D eigenvalue weighted by molar-refractivity contribution is 5.61. The molecule has 0 bridgehead atoms. The van der Waals surface area contributed by atoms with Crippen LogP contribution < -0.4 is 15.8 Å².